The largest absolute Gasteiger partial charge is 0.474 e. The number of aliphatic hydroxyl groups excluding tert-OH is 1. The average Bonchev–Trinajstić information content (AvgIpc) is 2.54. The summed E-state index contributed by atoms with van der Waals surface area (Å²) in [4.78, 5) is 16.3. The van der Waals surface area contributed by atoms with Crippen LogP contribution in [0.25, 0.3) is 0 Å². The summed E-state index contributed by atoms with van der Waals surface area (Å²) in [6.45, 7) is 2.70. The summed E-state index contributed by atoms with van der Waals surface area (Å²) in [5.74, 6) is 0.664. The van der Waals surface area contributed by atoms with Crippen molar-refractivity contribution in [1.82, 2.24) is 10.3 Å². The van der Waals surface area contributed by atoms with Crippen LogP contribution in [0, 0.1) is 5.92 Å². The number of carbonyl (C=O) groups excluding carboxylic acids is 1. The molecule has 1 atom stereocenters. The van der Waals surface area contributed by atoms with E-state index in [0.29, 0.717) is 24.4 Å². The summed E-state index contributed by atoms with van der Waals surface area (Å²) in [6.07, 6.45) is 8.34. The zero-order valence-electron chi connectivity index (χ0n) is 13.3. The molecule has 0 aromatic carbocycles. The van der Waals surface area contributed by atoms with E-state index in [2.05, 4.69) is 10.3 Å². The summed E-state index contributed by atoms with van der Waals surface area (Å²) >= 11 is 0. The molecule has 1 fully saturated rings. The number of hydrogen-bond donors (Lipinski definition) is 2. The van der Waals surface area contributed by atoms with Gasteiger partial charge < -0.3 is 15.2 Å². The van der Waals surface area contributed by atoms with Gasteiger partial charge in [-0.3, -0.25) is 4.79 Å². The molecule has 22 heavy (non-hydrogen) atoms. The Hall–Kier alpha value is -1.62. The molecule has 5 nitrogen and oxygen atoms in total. The van der Waals surface area contributed by atoms with Gasteiger partial charge in [-0.05, 0) is 44.1 Å². The molecule has 5 heteroatoms. The van der Waals surface area contributed by atoms with Crippen molar-refractivity contribution in [3.8, 4) is 5.88 Å². The van der Waals surface area contributed by atoms with Crippen molar-refractivity contribution in [2.24, 2.45) is 5.92 Å². The Morgan fingerprint density at radius 3 is 2.95 bits per heavy atom. The third-order valence-electron chi connectivity index (χ3n) is 4.07. The van der Waals surface area contributed by atoms with E-state index in [1.807, 2.05) is 6.92 Å². The lowest BCUT2D eigenvalue weighted by molar-refractivity contribution is 0.0943. The molecule has 1 unspecified atom stereocenters. The fraction of sp³-hybridized carbons (Fsp3) is 0.647. The molecule has 1 aliphatic rings. The summed E-state index contributed by atoms with van der Waals surface area (Å²) in [5.41, 5.74) is 0.567. The van der Waals surface area contributed by atoms with Gasteiger partial charge in [0, 0.05) is 31.0 Å². The minimum absolute atomic E-state index is 0.124. The Bertz CT molecular complexity index is 473. The van der Waals surface area contributed by atoms with Crippen LogP contribution in [0.2, 0.25) is 0 Å². The van der Waals surface area contributed by atoms with Gasteiger partial charge in [0.25, 0.3) is 5.91 Å². The number of pyridine rings is 1. The van der Waals surface area contributed by atoms with Crippen LogP contribution in [0.5, 0.6) is 5.88 Å². The number of ether oxygens (including phenoxy) is 1. The Morgan fingerprint density at radius 2 is 2.23 bits per heavy atom. The lowest BCUT2D eigenvalue weighted by Gasteiger charge is -2.22. The van der Waals surface area contributed by atoms with Crippen LogP contribution >= 0.6 is 0 Å². The van der Waals surface area contributed by atoms with Crippen molar-refractivity contribution < 1.29 is 14.6 Å². The number of nitrogens with zero attached hydrogens (tertiary/aromatic N) is 1. The zero-order valence-corrected chi connectivity index (χ0v) is 13.3. The molecule has 0 spiro atoms. The number of amides is 1. The summed E-state index contributed by atoms with van der Waals surface area (Å²) in [5, 5.41) is 11.8. The monoisotopic (exact) mass is 306 g/mol. The number of hydrogen-bond acceptors (Lipinski definition) is 4. The van der Waals surface area contributed by atoms with Crippen LogP contribution < -0.4 is 10.1 Å². The van der Waals surface area contributed by atoms with Gasteiger partial charge in [-0.1, -0.05) is 13.3 Å². The first-order valence-electron chi connectivity index (χ1n) is 8.21. The third kappa shape index (κ3) is 5.30. The summed E-state index contributed by atoms with van der Waals surface area (Å²) in [6, 6.07) is 3.40. The van der Waals surface area contributed by atoms with E-state index < -0.39 is 0 Å². The van der Waals surface area contributed by atoms with Crippen molar-refractivity contribution in [3.63, 3.8) is 0 Å². The van der Waals surface area contributed by atoms with E-state index in [1.54, 1.807) is 18.3 Å². The highest BCUT2D eigenvalue weighted by Crippen LogP contribution is 2.22. The molecule has 1 amide bonds. The first-order valence-corrected chi connectivity index (χ1v) is 8.21. The van der Waals surface area contributed by atoms with Gasteiger partial charge in [0.2, 0.25) is 5.88 Å². The Morgan fingerprint density at radius 1 is 1.45 bits per heavy atom. The van der Waals surface area contributed by atoms with E-state index >= 15 is 0 Å². The Balaban J connectivity index is 1.88. The summed E-state index contributed by atoms with van der Waals surface area (Å²) < 4.78 is 5.89. The van der Waals surface area contributed by atoms with Gasteiger partial charge in [-0.2, -0.15) is 0 Å². The van der Waals surface area contributed by atoms with E-state index in [-0.39, 0.29) is 24.5 Å². The third-order valence-corrected chi connectivity index (χ3v) is 4.07. The van der Waals surface area contributed by atoms with Crippen LogP contribution in [0.1, 0.15) is 55.8 Å². The molecule has 0 radical (unpaired) electrons. The number of aromatic nitrogens is 1. The maximum absolute atomic E-state index is 12.1. The van der Waals surface area contributed by atoms with E-state index in [1.165, 1.54) is 19.3 Å². The zero-order chi connectivity index (χ0) is 15.8. The minimum Gasteiger partial charge on any atom is -0.474 e. The molecular weight excluding hydrogens is 280 g/mol. The van der Waals surface area contributed by atoms with E-state index in [4.69, 9.17) is 9.84 Å². The molecule has 0 aliphatic heterocycles. The quantitative estimate of drug-likeness (QED) is 0.812. The van der Waals surface area contributed by atoms with Gasteiger partial charge in [0.1, 0.15) is 6.10 Å². The van der Waals surface area contributed by atoms with Crippen molar-refractivity contribution in [2.75, 3.05) is 13.2 Å². The highest BCUT2D eigenvalue weighted by molar-refractivity contribution is 5.94. The van der Waals surface area contributed by atoms with Crippen LogP contribution in [0.4, 0.5) is 0 Å². The van der Waals surface area contributed by atoms with Crippen LogP contribution in [0.3, 0.4) is 0 Å². The fourth-order valence-electron chi connectivity index (χ4n) is 2.66. The van der Waals surface area contributed by atoms with Crippen LogP contribution in [0.15, 0.2) is 18.3 Å². The topological polar surface area (TPSA) is 71.5 Å². The number of nitrogens with one attached hydrogen (secondary N) is 1. The number of aliphatic hydroxyl groups is 1. The second kappa shape index (κ2) is 8.73. The molecular formula is C17H26N2O3. The number of rotatable bonds is 7. The highest BCUT2D eigenvalue weighted by atomic mass is 16.5. The molecule has 0 bridgehead atoms. The number of carbonyl (C=O) groups is 1. The van der Waals surface area contributed by atoms with Gasteiger partial charge in [-0.25, -0.2) is 4.98 Å². The molecule has 1 heterocycles. The molecule has 2 rings (SSSR count). The second-order valence-electron chi connectivity index (χ2n) is 6.09. The van der Waals surface area contributed by atoms with Gasteiger partial charge in [-0.15, -0.1) is 0 Å². The SMILES string of the molecule is CC(CCO)CNC(=O)c1ccnc(OC2CCCCC2)c1. The van der Waals surface area contributed by atoms with Gasteiger partial charge >= 0.3 is 0 Å². The average molecular weight is 306 g/mol. The standard InChI is InChI=1S/C17H26N2O3/c1-13(8-10-20)12-19-17(21)14-7-9-18-16(11-14)22-15-5-3-2-4-6-15/h7,9,11,13,15,20H,2-6,8,10,12H2,1H3,(H,19,21). The molecule has 0 saturated heterocycles. The first-order chi connectivity index (χ1) is 10.7. The van der Waals surface area contributed by atoms with Crippen molar-refractivity contribution >= 4 is 5.91 Å². The maximum atomic E-state index is 12.1. The van der Waals surface area contributed by atoms with E-state index in [0.717, 1.165) is 12.8 Å². The first kappa shape index (κ1) is 16.7. The molecule has 122 valence electrons. The molecule has 1 aliphatic carbocycles. The Labute approximate surface area is 132 Å². The second-order valence-corrected chi connectivity index (χ2v) is 6.09. The van der Waals surface area contributed by atoms with Crippen molar-refractivity contribution in [2.45, 2.75) is 51.6 Å². The smallest absolute Gasteiger partial charge is 0.251 e. The van der Waals surface area contributed by atoms with Crippen LogP contribution in [-0.2, 0) is 0 Å². The van der Waals surface area contributed by atoms with E-state index in [9.17, 15) is 4.79 Å². The van der Waals surface area contributed by atoms with Gasteiger partial charge in [0.15, 0.2) is 0 Å². The lowest BCUT2D eigenvalue weighted by atomic mass is 9.98. The molecule has 1 saturated carbocycles. The predicted octanol–water partition coefficient (Wildman–Crippen LogP) is 2.54. The van der Waals surface area contributed by atoms with Crippen molar-refractivity contribution in [1.29, 1.82) is 0 Å². The molecule has 1 aromatic rings. The Kier molecular flexibility index (Phi) is 6.65. The van der Waals surface area contributed by atoms with Crippen LogP contribution in [-0.4, -0.2) is 35.3 Å². The molecule has 2 N–H and O–H groups in total. The minimum atomic E-state index is -0.124. The normalized spacial score (nSPS) is 17.0. The fourth-order valence-corrected chi connectivity index (χ4v) is 2.66. The highest BCUT2D eigenvalue weighted by Gasteiger charge is 2.16. The summed E-state index contributed by atoms with van der Waals surface area (Å²) in [7, 11) is 0. The predicted molar refractivity (Wildman–Crippen MR) is 84.9 cm³/mol. The maximum Gasteiger partial charge on any atom is 0.251 e. The van der Waals surface area contributed by atoms with Crippen molar-refractivity contribution in [3.05, 3.63) is 23.9 Å². The van der Waals surface area contributed by atoms with Gasteiger partial charge in [0.05, 0.1) is 0 Å². The lowest BCUT2D eigenvalue weighted by Crippen LogP contribution is -2.28. The molecule has 1 aromatic heterocycles.